The van der Waals surface area contributed by atoms with Crippen LogP contribution in [0, 0.1) is 18.8 Å². The predicted molar refractivity (Wildman–Crippen MR) is 76.9 cm³/mol. The Morgan fingerprint density at radius 2 is 2.00 bits per heavy atom. The normalized spacial score (nSPS) is 28.5. The number of benzene rings is 1. The standard InChI is InChI=1S/C16H25NO/c1-11-7-12(2)14(4)17(9-11)16-6-5-15(10-18)13(3)8-16/h5-6,8,11-12,14,18H,7,9-10H2,1-4H3. The van der Waals surface area contributed by atoms with Crippen LogP contribution in [0.4, 0.5) is 5.69 Å². The number of hydrogen-bond donors (Lipinski definition) is 1. The van der Waals surface area contributed by atoms with Gasteiger partial charge in [-0.2, -0.15) is 0 Å². The summed E-state index contributed by atoms with van der Waals surface area (Å²) in [7, 11) is 0. The molecule has 0 amide bonds. The third kappa shape index (κ3) is 2.54. The number of aliphatic hydroxyl groups is 1. The Hall–Kier alpha value is -1.02. The van der Waals surface area contributed by atoms with E-state index in [0.717, 1.165) is 23.9 Å². The van der Waals surface area contributed by atoms with Crippen molar-refractivity contribution in [1.82, 2.24) is 0 Å². The van der Waals surface area contributed by atoms with Crippen molar-refractivity contribution in [3.63, 3.8) is 0 Å². The van der Waals surface area contributed by atoms with E-state index in [1.54, 1.807) is 0 Å². The van der Waals surface area contributed by atoms with Crippen molar-refractivity contribution in [2.45, 2.75) is 46.8 Å². The number of aryl methyl sites for hydroxylation is 1. The molecule has 2 rings (SSSR count). The lowest BCUT2D eigenvalue weighted by molar-refractivity contribution is 0.281. The molecule has 1 aromatic carbocycles. The zero-order chi connectivity index (χ0) is 13.3. The predicted octanol–water partition coefficient (Wildman–Crippen LogP) is 3.36. The van der Waals surface area contributed by atoms with Crippen LogP contribution in [0.15, 0.2) is 18.2 Å². The Bertz CT molecular complexity index is 416. The summed E-state index contributed by atoms with van der Waals surface area (Å²) in [6.45, 7) is 10.4. The molecular formula is C16H25NO. The van der Waals surface area contributed by atoms with Gasteiger partial charge in [-0.15, -0.1) is 0 Å². The van der Waals surface area contributed by atoms with Gasteiger partial charge in [-0.3, -0.25) is 0 Å². The van der Waals surface area contributed by atoms with Crippen LogP contribution in [0.1, 0.15) is 38.3 Å². The van der Waals surface area contributed by atoms with Crippen LogP contribution in [0.3, 0.4) is 0 Å². The molecule has 0 radical (unpaired) electrons. The summed E-state index contributed by atoms with van der Waals surface area (Å²) in [4.78, 5) is 2.52. The summed E-state index contributed by atoms with van der Waals surface area (Å²) in [5, 5.41) is 9.24. The first-order chi connectivity index (χ1) is 8.52. The number of aliphatic hydroxyl groups excluding tert-OH is 1. The van der Waals surface area contributed by atoms with Gasteiger partial charge in [-0.25, -0.2) is 0 Å². The van der Waals surface area contributed by atoms with Crippen LogP contribution in [-0.2, 0) is 6.61 Å². The molecule has 3 atom stereocenters. The molecule has 1 N–H and O–H groups in total. The molecule has 0 saturated carbocycles. The van der Waals surface area contributed by atoms with Gasteiger partial charge in [0.1, 0.15) is 0 Å². The first-order valence-electron chi connectivity index (χ1n) is 7.00. The average molecular weight is 247 g/mol. The van der Waals surface area contributed by atoms with E-state index in [1.165, 1.54) is 17.7 Å². The molecular weight excluding hydrogens is 222 g/mol. The molecule has 1 aromatic rings. The number of hydrogen-bond acceptors (Lipinski definition) is 2. The van der Waals surface area contributed by atoms with E-state index in [-0.39, 0.29) is 6.61 Å². The number of piperidine rings is 1. The van der Waals surface area contributed by atoms with Crippen molar-refractivity contribution in [3.8, 4) is 0 Å². The van der Waals surface area contributed by atoms with Gasteiger partial charge in [0.2, 0.25) is 0 Å². The van der Waals surface area contributed by atoms with Gasteiger partial charge >= 0.3 is 0 Å². The summed E-state index contributed by atoms with van der Waals surface area (Å²) in [5.41, 5.74) is 3.52. The highest BCUT2D eigenvalue weighted by Crippen LogP contribution is 2.32. The van der Waals surface area contributed by atoms with Crippen LogP contribution in [0.5, 0.6) is 0 Å². The van der Waals surface area contributed by atoms with Gasteiger partial charge in [-0.1, -0.05) is 19.9 Å². The second kappa shape index (κ2) is 5.31. The first-order valence-corrected chi connectivity index (χ1v) is 7.00. The molecule has 100 valence electrons. The van der Waals surface area contributed by atoms with Crippen molar-refractivity contribution in [2.75, 3.05) is 11.4 Å². The molecule has 0 bridgehead atoms. The molecule has 1 aliphatic rings. The molecule has 1 fully saturated rings. The zero-order valence-electron chi connectivity index (χ0n) is 12.0. The summed E-state index contributed by atoms with van der Waals surface area (Å²) >= 11 is 0. The molecule has 1 heterocycles. The number of rotatable bonds is 2. The van der Waals surface area contributed by atoms with Gasteiger partial charge in [0.05, 0.1) is 6.61 Å². The van der Waals surface area contributed by atoms with E-state index in [2.05, 4.69) is 50.8 Å². The fourth-order valence-electron chi connectivity index (χ4n) is 3.09. The van der Waals surface area contributed by atoms with Crippen molar-refractivity contribution in [2.24, 2.45) is 11.8 Å². The number of anilines is 1. The smallest absolute Gasteiger partial charge is 0.0684 e. The van der Waals surface area contributed by atoms with Crippen LogP contribution >= 0.6 is 0 Å². The Balaban J connectivity index is 2.27. The minimum atomic E-state index is 0.133. The molecule has 18 heavy (non-hydrogen) atoms. The summed E-state index contributed by atoms with van der Waals surface area (Å²) in [5.74, 6) is 1.50. The van der Waals surface area contributed by atoms with Gasteiger partial charge in [0, 0.05) is 18.3 Å². The molecule has 0 spiro atoms. The van der Waals surface area contributed by atoms with E-state index in [0.29, 0.717) is 6.04 Å². The fraction of sp³-hybridized carbons (Fsp3) is 0.625. The highest BCUT2D eigenvalue weighted by Gasteiger charge is 2.28. The Morgan fingerprint density at radius 3 is 2.61 bits per heavy atom. The second-order valence-electron chi connectivity index (χ2n) is 5.98. The number of nitrogens with zero attached hydrogens (tertiary/aromatic N) is 1. The monoisotopic (exact) mass is 247 g/mol. The lowest BCUT2D eigenvalue weighted by atomic mass is 9.85. The van der Waals surface area contributed by atoms with Crippen LogP contribution in [-0.4, -0.2) is 17.7 Å². The quantitative estimate of drug-likeness (QED) is 0.866. The van der Waals surface area contributed by atoms with E-state index in [1.807, 2.05) is 0 Å². The third-order valence-electron chi connectivity index (χ3n) is 4.43. The lowest BCUT2D eigenvalue weighted by Gasteiger charge is -2.42. The summed E-state index contributed by atoms with van der Waals surface area (Å²) in [6, 6.07) is 7.02. The van der Waals surface area contributed by atoms with E-state index in [9.17, 15) is 5.11 Å². The Labute approximate surface area is 111 Å². The molecule has 1 saturated heterocycles. The topological polar surface area (TPSA) is 23.5 Å². The average Bonchev–Trinajstić information content (AvgIpc) is 2.33. The lowest BCUT2D eigenvalue weighted by Crippen LogP contribution is -2.45. The van der Waals surface area contributed by atoms with Gasteiger partial charge in [0.25, 0.3) is 0 Å². The molecule has 0 aromatic heterocycles. The van der Waals surface area contributed by atoms with Gasteiger partial charge in [-0.05, 0) is 55.4 Å². The van der Waals surface area contributed by atoms with Crippen LogP contribution in [0.25, 0.3) is 0 Å². The summed E-state index contributed by atoms with van der Waals surface area (Å²) < 4.78 is 0. The molecule has 2 nitrogen and oxygen atoms in total. The highest BCUT2D eigenvalue weighted by atomic mass is 16.3. The maximum absolute atomic E-state index is 9.24. The summed E-state index contributed by atoms with van der Waals surface area (Å²) in [6.07, 6.45) is 1.32. The van der Waals surface area contributed by atoms with E-state index >= 15 is 0 Å². The maximum Gasteiger partial charge on any atom is 0.0684 e. The Kier molecular flexibility index (Phi) is 3.96. The maximum atomic E-state index is 9.24. The largest absolute Gasteiger partial charge is 0.392 e. The fourth-order valence-corrected chi connectivity index (χ4v) is 3.09. The van der Waals surface area contributed by atoms with Gasteiger partial charge in [0.15, 0.2) is 0 Å². The Morgan fingerprint density at radius 1 is 1.28 bits per heavy atom. The minimum absolute atomic E-state index is 0.133. The molecule has 2 heteroatoms. The van der Waals surface area contributed by atoms with Crippen LogP contribution in [0.2, 0.25) is 0 Å². The third-order valence-corrected chi connectivity index (χ3v) is 4.43. The molecule has 1 aliphatic heterocycles. The SMILES string of the molecule is Cc1cc(N2CC(C)CC(C)C2C)ccc1CO. The minimum Gasteiger partial charge on any atom is -0.392 e. The van der Waals surface area contributed by atoms with Crippen molar-refractivity contribution >= 4 is 5.69 Å². The van der Waals surface area contributed by atoms with Crippen molar-refractivity contribution < 1.29 is 5.11 Å². The van der Waals surface area contributed by atoms with Crippen LogP contribution < -0.4 is 4.90 Å². The van der Waals surface area contributed by atoms with Gasteiger partial charge < -0.3 is 10.0 Å². The first kappa shape index (κ1) is 13.4. The molecule has 3 unspecified atom stereocenters. The van der Waals surface area contributed by atoms with Crippen molar-refractivity contribution in [1.29, 1.82) is 0 Å². The van der Waals surface area contributed by atoms with Crippen molar-refractivity contribution in [3.05, 3.63) is 29.3 Å². The second-order valence-corrected chi connectivity index (χ2v) is 5.98. The van der Waals surface area contributed by atoms with E-state index < -0.39 is 0 Å². The highest BCUT2D eigenvalue weighted by molar-refractivity contribution is 5.52. The zero-order valence-corrected chi connectivity index (χ0v) is 12.0. The molecule has 0 aliphatic carbocycles. The van der Waals surface area contributed by atoms with E-state index in [4.69, 9.17) is 0 Å².